The number of benzene rings is 2. The van der Waals surface area contributed by atoms with Crippen molar-refractivity contribution < 1.29 is 0 Å². The van der Waals surface area contributed by atoms with Gasteiger partial charge in [-0.25, -0.2) is 0 Å². The quantitative estimate of drug-likeness (QED) is 0.319. The fourth-order valence-corrected chi connectivity index (χ4v) is 3.00. The standard InChI is InChI=1S/C24H30N2/c1-2-3-4-5-6-7-8-9-10-21-15-17-24(18-16-21)26-20-23-13-11-22(19-25)12-14-23/h11-18,20H,2-10H2,1H3. The van der Waals surface area contributed by atoms with Crippen LogP contribution in [0.1, 0.15) is 75.0 Å². The molecule has 0 N–H and O–H groups in total. The zero-order valence-corrected chi connectivity index (χ0v) is 16.0. The molecule has 2 nitrogen and oxygen atoms in total. The van der Waals surface area contributed by atoms with Crippen LogP contribution in [0.3, 0.4) is 0 Å². The minimum Gasteiger partial charge on any atom is -0.256 e. The van der Waals surface area contributed by atoms with Crippen LogP contribution in [-0.4, -0.2) is 6.21 Å². The summed E-state index contributed by atoms with van der Waals surface area (Å²) in [7, 11) is 0. The molecule has 2 heteroatoms. The number of aryl methyl sites for hydroxylation is 1. The average molecular weight is 347 g/mol. The van der Waals surface area contributed by atoms with E-state index in [0.29, 0.717) is 5.56 Å². The van der Waals surface area contributed by atoms with Crippen LogP contribution in [0.2, 0.25) is 0 Å². The number of rotatable bonds is 11. The SMILES string of the molecule is CCCCCCCCCCc1ccc(N=Cc2ccc(C#N)cc2)cc1. The minimum atomic E-state index is 0.674. The van der Waals surface area contributed by atoms with Crippen LogP contribution < -0.4 is 0 Å². The van der Waals surface area contributed by atoms with Crippen molar-refractivity contribution in [2.45, 2.75) is 64.7 Å². The van der Waals surface area contributed by atoms with E-state index in [0.717, 1.165) is 17.7 Å². The maximum atomic E-state index is 8.81. The van der Waals surface area contributed by atoms with Crippen molar-refractivity contribution in [2.75, 3.05) is 0 Å². The summed E-state index contributed by atoms with van der Waals surface area (Å²) >= 11 is 0. The summed E-state index contributed by atoms with van der Waals surface area (Å²) in [6, 6.07) is 18.1. The second kappa shape index (κ2) is 12.0. The van der Waals surface area contributed by atoms with Gasteiger partial charge in [-0.05, 0) is 48.2 Å². The molecule has 0 heterocycles. The Labute approximate surface area is 158 Å². The normalized spacial score (nSPS) is 10.9. The van der Waals surface area contributed by atoms with E-state index in [2.05, 4.69) is 42.3 Å². The molecule has 0 amide bonds. The number of aliphatic imine (C=N–C) groups is 1. The summed E-state index contributed by atoms with van der Waals surface area (Å²) in [5, 5.41) is 8.81. The number of nitriles is 1. The Morgan fingerprint density at radius 2 is 1.42 bits per heavy atom. The van der Waals surface area contributed by atoms with E-state index in [-0.39, 0.29) is 0 Å². The lowest BCUT2D eigenvalue weighted by Gasteiger charge is -2.03. The smallest absolute Gasteiger partial charge is 0.0991 e. The number of hydrogen-bond donors (Lipinski definition) is 0. The van der Waals surface area contributed by atoms with E-state index in [1.54, 1.807) is 0 Å². The predicted octanol–water partition coefficient (Wildman–Crippen LogP) is 6.99. The van der Waals surface area contributed by atoms with E-state index in [1.165, 1.54) is 56.9 Å². The van der Waals surface area contributed by atoms with E-state index >= 15 is 0 Å². The number of nitrogens with zero attached hydrogens (tertiary/aromatic N) is 2. The maximum absolute atomic E-state index is 8.81. The highest BCUT2D eigenvalue weighted by Gasteiger charge is 1.96. The van der Waals surface area contributed by atoms with Gasteiger partial charge in [-0.2, -0.15) is 5.26 Å². The molecule has 2 rings (SSSR count). The molecule has 0 radical (unpaired) electrons. The first-order chi connectivity index (χ1) is 12.8. The molecule has 136 valence electrons. The van der Waals surface area contributed by atoms with Gasteiger partial charge in [0.25, 0.3) is 0 Å². The number of unbranched alkanes of at least 4 members (excludes halogenated alkanes) is 7. The Morgan fingerprint density at radius 3 is 2.04 bits per heavy atom. The third-order valence-corrected chi connectivity index (χ3v) is 4.66. The second-order valence-corrected chi connectivity index (χ2v) is 6.88. The molecular weight excluding hydrogens is 316 g/mol. The molecule has 26 heavy (non-hydrogen) atoms. The molecule has 0 bridgehead atoms. The molecule has 0 aliphatic rings. The fourth-order valence-electron chi connectivity index (χ4n) is 3.00. The largest absolute Gasteiger partial charge is 0.256 e. The van der Waals surface area contributed by atoms with Gasteiger partial charge in [0, 0.05) is 6.21 Å². The van der Waals surface area contributed by atoms with Gasteiger partial charge in [0.1, 0.15) is 0 Å². The van der Waals surface area contributed by atoms with E-state index in [4.69, 9.17) is 5.26 Å². The zero-order chi connectivity index (χ0) is 18.5. The Hall–Kier alpha value is -2.40. The highest BCUT2D eigenvalue weighted by Crippen LogP contribution is 2.16. The van der Waals surface area contributed by atoms with Crippen molar-refractivity contribution in [3.8, 4) is 6.07 Å². The van der Waals surface area contributed by atoms with E-state index in [1.807, 2.05) is 30.5 Å². The molecule has 0 atom stereocenters. The van der Waals surface area contributed by atoms with Gasteiger partial charge in [0.15, 0.2) is 0 Å². The summed E-state index contributed by atoms with van der Waals surface area (Å²) in [5.74, 6) is 0. The molecule has 0 aromatic heterocycles. The predicted molar refractivity (Wildman–Crippen MR) is 111 cm³/mol. The van der Waals surface area contributed by atoms with Gasteiger partial charge < -0.3 is 0 Å². The zero-order valence-electron chi connectivity index (χ0n) is 16.0. The summed E-state index contributed by atoms with van der Waals surface area (Å²) in [5.41, 5.74) is 4.04. The maximum Gasteiger partial charge on any atom is 0.0991 e. The van der Waals surface area contributed by atoms with Crippen LogP contribution in [-0.2, 0) is 6.42 Å². The molecule has 0 unspecified atom stereocenters. The lowest BCUT2D eigenvalue weighted by molar-refractivity contribution is 0.575. The van der Waals surface area contributed by atoms with Gasteiger partial charge in [0.05, 0.1) is 17.3 Å². The topological polar surface area (TPSA) is 36.1 Å². The van der Waals surface area contributed by atoms with Crippen LogP contribution in [0.5, 0.6) is 0 Å². The highest BCUT2D eigenvalue weighted by molar-refractivity contribution is 5.82. The van der Waals surface area contributed by atoms with Gasteiger partial charge in [-0.15, -0.1) is 0 Å². The molecule has 0 aliphatic carbocycles. The molecule has 0 spiro atoms. The first-order valence-corrected chi connectivity index (χ1v) is 9.95. The van der Waals surface area contributed by atoms with Crippen molar-refractivity contribution in [1.29, 1.82) is 5.26 Å². The summed E-state index contributed by atoms with van der Waals surface area (Å²) in [6.45, 7) is 2.27. The number of hydrogen-bond acceptors (Lipinski definition) is 2. The van der Waals surface area contributed by atoms with Crippen LogP contribution >= 0.6 is 0 Å². The van der Waals surface area contributed by atoms with E-state index in [9.17, 15) is 0 Å². The average Bonchev–Trinajstić information content (AvgIpc) is 2.69. The van der Waals surface area contributed by atoms with Crippen molar-refractivity contribution in [1.82, 2.24) is 0 Å². The lowest BCUT2D eigenvalue weighted by atomic mass is 10.0. The minimum absolute atomic E-state index is 0.674. The van der Waals surface area contributed by atoms with Crippen LogP contribution in [0.15, 0.2) is 53.5 Å². The third-order valence-electron chi connectivity index (χ3n) is 4.66. The van der Waals surface area contributed by atoms with Crippen LogP contribution in [0.4, 0.5) is 5.69 Å². The Kier molecular flexibility index (Phi) is 9.22. The second-order valence-electron chi connectivity index (χ2n) is 6.88. The van der Waals surface area contributed by atoms with Crippen molar-refractivity contribution in [3.05, 3.63) is 65.2 Å². The first-order valence-electron chi connectivity index (χ1n) is 9.95. The first kappa shape index (κ1) is 19.9. The van der Waals surface area contributed by atoms with Gasteiger partial charge in [-0.1, -0.05) is 76.1 Å². The van der Waals surface area contributed by atoms with Crippen LogP contribution in [0.25, 0.3) is 0 Å². The Morgan fingerprint density at radius 1 is 0.808 bits per heavy atom. The monoisotopic (exact) mass is 346 g/mol. The van der Waals surface area contributed by atoms with Crippen molar-refractivity contribution >= 4 is 11.9 Å². The molecule has 0 saturated heterocycles. The summed E-state index contributed by atoms with van der Waals surface area (Å²) < 4.78 is 0. The molecule has 0 fully saturated rings. The summed E-state index contributed by atoms with van der Waals surface area (Å²) in [4.78, 5) is 4.51. The Bertz CT molecular complexity index is 690. The fraction of sp³-hybridized carbons (Fsp3) is 0.417. The molecule has 2 aromatic carbocycles. The van der Waals surface area contributed by atoms with Gasteiger partial charge >= 0.3 is 0 Å². The lowest BCUT2D eigenvalue weighted by Crippen LogP contribution is -1.86. The third kappa shape index (κ3) is 7.66. The van der Waals surface area contributed by atoms with Crippen molar-refractivity contribution in [3.63, 3.8) is 0 Å². The van der Waals surface area contributed by atoms with Gasteiger partial charge in [-0.3, -0.25) is 4.99 Å². The molecule has 2 aromatic rings. The summed E-state index contributed by atoms with van der Waals surface area (Å²) in [6.07, 6.45) is 13.9. The van der Waals surface area contributed by atoms with Gasteiger partial charge in [0.2, 0.25) is 0 Å². The van der Waals surface area contributed by atoms with Crippen LogP contribution in [0, 0.1) is 11.3 Å². The Balaban J connectivity index is 1.69. The molecule has 0 aliphatic heterocycles. The van der Waals surface area contributed by atoms with Crippen molar-refractivity contribution in [2.24, 2.45) is 4.99 Å². The van der Waals surface area contributed by atoms with E-state index < -0.39 is 0 Å². The highest BCUT2D eigenvalue weighted by atomic mass is 14.7. The molecule has 0 saturated carbocycles. The molecular formula is C24H30N2.